The lowest BCUT2D eigenvalue weighted by Gasteiger charge is -2.20. The van der Waals surface area contributed by atoms with E-state index in [4.69, 9.17) is 14.2 Å². The van der Waals surface area contributed by atoms with Crippen molar-refractivity contribution in [3.8, 4) is 0 Å². The average molecular weight is 264 g/mol. The summed E-state index contributed by atoms with van der Waals surface area (Å²) in [4.78, 5) is 11.7. The Morgan fingerprint density at radius 3 is 2.63 bits per heavy atom. The van der Waals surface area contributed by atoms with Crippen LogP contribution in [0.25, 0.3) is 0 Å². The van der Waals surface area contributed by atoms with Gasteiger partial charge in [-0.15, -0.1) is 0 Å². The molecule has 0 saturated carbocycles. The van der Waals surface area contributed by atoms with Crippen LogP contribution in [0.1, 0.15) is 38.9 Å². The summed E-state index contributed by atoms with van der Waals surface area (Å²) < 4.78 is 16.4. The molecule has 1 aromatic carbocycles. The molecule has 1 saturated heterocycles. The van der Waals surface area contributed by atoms with Crippen LogP contribution in [-0.4, -0.2) is 24.5 Å². The minimum atomic E-state index is -0.514. The van der Waals surface area contributed by atoms with Crippen LogP contribution >= 0.6 is 0 Å². The lowest BCUT2D eigenvalue weighted by Crippen LogP contribution is -2.26. The van der Waals surface area contributed by atoms with E-state index in [1.54, 1.807) is 0 Å². The third-order valence-corrected chi connectivity index (χ3v) is 2.67. The summed E-state index contributed by atoms with van der Waals surface area (Å²) in [7, 11) is 0. The van der Waals surface area contributed by atoms with Crippen LogP contribution in [0, 0.1) is 0 Å². The molecule has 0 radical (unpaired) electrons. The van der Waals surface area contributed by atoms with E-state index >= 15 is 0 Å². The van der Waals surface area contributed by atoms with Gasteiger partial charge in [0.15, 0.2) is 6.29 Å². The van der Waals surface area contributed by atoms with E-state index < -0.39 is 11.9 Å². The van der Waals surface area contributed by atoms with Crippen molar-refractivity contribution in [1.82, 2.24) is 0 Å². The maximum atomic E-state index is 11.7. The fraction of sp³-hybridized carbons (Fsp3) is 0.533. The van der Waals surface area contributed by atoms with Crippen molar-refractivity contribution in [2.24, 2.45) is 0 Å². The number of hydrogen-bond acceptors (Lipinski definition) is 4. The summed E-state index contributed by atoms with van der Waals surface area (Å²) in [6.07, 6.45) is -0.491. The van der Waals surface area contributed by atoms with Crippen molar-refractivity contribution >= 4 is 5.97 Å². The molecule has 1 aromatic rings. The van der Waals surface area contributed by atoms with Gasteiger partial charge >= 0.3 is 5.97 Å². The lowest BCUT2D eigenvalue weighted by molar-refractivity contribution is -0.163. The first kappa shape index (κ1) is 14.0. The number of carbonyl (C=O) groups excluding carboxylic acids is 1. The second-order valence-electron chi connectivity index (χ2n) is 5.59. The third kappa shape index (κ3) is 4.33. The van der Waals surface area contributed by atoms with E-state index in [2.05, 4.69) is 0 Å². The van der Waals surface area contributed by atoms with Gasteiger partial charge in [0, 0.05) is 0 Å². The minimum absolute atomic E-state index is 0.103. The molecule has 104 valence electrons. The fourth-order valence-corrected chi connectivity index (χ4v) is 1.93. The predicted octanol–water partition coefficient (Wildman–Crippen LogP) is 2.83. The van der Waals surface area contributed by atoms with Crippen molar-refractivity contribution < 1.29 is 19.0 Å². The van der Waals surface area contributed by atoms with Crippen LogP contribution < -0.4 is 0 Å². The number of ether oxygens (including phenoxy) is 3. The first-order chi connectivity index (χ1) is 8.94. The van der Waals surface area contributed by atoms with Crippen molar-refractivity contribution in [3.63, 3.8) is 0 Å². The molecule has 0 spiro atoms. The van der Waals surface area contributed by atoms with Gasteiger partial charge in [0.1, 0.15) is 11.7 Å². The molecule has 4 nitrogen and oxygen atoms in total. The van der Waals surface area contributed by atoms with E-state index in [1.165, 1.54) is 0 Å². The predicted molar refractivity (Wildman–Crippen MR) is 70.5 cm³/mol. The molecule has 0 unspecified atom stereocenters. The largest absolute Gasteiger partial charge is 0.460 e. The number of benzene rings is 1. The van der Waals surface area contributed by atoms with E-state index in [0.717, 1.165) is 5.56 Å². The summed E-state index contributed by atoms with van der Waals surface area (Å²) in [5.41, 5.74) is 0.586. The Bertz CT molecular complexity index is 422. The topological polar surface area (TPSA) is 44.8 Å². The molecule has 1 aliphatic heterocycles. The first-order valence-corrected chi connectivity index (χ1v) is 6.48. The highest BCUT2D eigenvalue weighted by Crippen LogP contribution is 2.28. The van der Waals surface area contributed by atoms with Crippen LogP contribution in [0.4, 0.5) is 0 Å². The van der Waals surface area contributed by atoms with Crippen LogP contribution in [0.5, 0.6) is 0 Å². The molecule has 2 rings (SSSR count). The van der Waals surface area contributed by atoms with Gasteiger partial charge in [-0.25, -0.2) is 0 Å². The first-order valence-electron chi connectivity index (χ1n) is 6.48. The smallest absolute Gasteiger partial charge is 0.311 e. The molecule has 19 heavy (non-hydrogen) atoms. The molecule has 0 aliphatic carbocycles. The van der Waals surface area contributed by atoms with Crippen molar-refractivity contribution in [2.75, 3.05) is 6.61 Å². The number of hydrogen-bond donors (Lipinski definition) is 0. The minimum Gasteiger partial charge on any atom is -0.460 e. The molecule has 1 fully saturated rings. The van der Waals surface area contributed by atoms with Gasteiger partial charge in [-0.05, 0) is 26.3 Å². The van der Waals surface area contributed by atoms with Crippen molar-refractivity contribution in [1.29, 1.82) is 0 Å². The lowest BCUT2D eigenvalue weighted by atomic mass is 10.1. The Balaban J connectivity index is 1.84. The molecule has 1 aliphatic rings. The molecule has 2 atom stereocenters. The number of rotatable bonds is 3. The summed E-state index contributed by atoms with van der Waals surface area (Å²) in [6.45, 7) is 5.99. The van der Waals surface area contributed by atoms with Crippen LogP contribution in [0.15, 0.2) is 30.3 Å². The van der Waals surface area contributed by atoms with E-state index in [1.807, 2.05) is 51.1 Å². The van der Waals surface area contributed by atoms with Gasteiger partial charge in [0.2, 0.25) is 0 Å². The Kier molecular flexibility index (Phi) is 4.22. The summed E-state index contributed by atoms with van der Waals surface area (Å²) >= 11 is 0. The maximum absolute atomic E-state index is 11.7. The van der Waals surface area contributed by atoms with Crippen LogP contribution in [0.2, 0.25) is 0 Å². The highest BCUT2D eigenvalue weighted by molar-refractivity contribution is 5.70. The summed E-state index contributed by atoms with van der Waals surface area (Å²) in [5.74, 6) is -0.300. The summed E-state index contributed by atoms with van der Waals surface area (Å²) in [6, 6.07) is 9.85. The normalized spacial score (nSPS) is 23.3. The molecule has 0 N–H and O–H groups in total. The van der Waals surface area contributed by atoms with E-state index in [0.29, 0.717) is 6.61 Å². The Morgan fingerprint density at radius 1 is 1.32 bits per heavy atom. The SMILES string of the molecule is CC(C)(C)OC(=O)C[C@H]1OC[C@@H](c2ccccc2)O1. The fourth-order valence-electron chi connectivity index (χ4n) is 1.93. The Hall–Kier alpha value is -1.39. The van der Waals surface area contributed by atoms with Gasteiger partial charge in [-0.2, -0.15) is 0 Å². The van der Waals surface area contributed by atoms with E-state index in [9.17, 15) is 4.79 Å². The number of esters is 1. The highest BCUT2D eigenvalue weighted by atomic mass is 16.7. The van der Waals surface area contributed by atoms with Crippen molar-refractivity contribution in [2.45, 2.75) is 45.2 Å². The van der Waals surface area contributed by atoms with Crippen molar-refractivity contribution in [3.05, 3.63) is 35.9 Å². The van der Waals surface area contributed by atoms with Crippen LogP contribution in [-0.2, 0) is 19.0 Å². The zero-order chi connectivity index (χ0) is 13.9. The molecular weight excluding hydrogens is 244 g/mol. The van der Waals surface area contributed by atoms with Gasteiger partial charge in [-0.1, -0.05) is 30.3 Å². The van der Waals surface area contributed by atoms with Gasteiger partial charge in [-0.3, -0.25) is 4.79 Å². The zero-order valence-electron chi connectivity index (χ0n) is 11.6. The molecular formula is C15H20O4. The zero-order valence-corrected chi connectivity index (χ0v) is 11.6. The molecule has 0 amide bonds. The second-order valence-corrected chi connectivity index (χ2v) is 5.59. The molecule has 1 heterocycles. The molecule has 0 bridgehead atoms. The monoisotopic (exact) mass is 264 g/mol. The molecule has 0 aromatic heterocycles. The standard InChI is InChI=1S/C15H20O4/c1-15(2,3)19-13(16)9-14-17-10-12(18-14)11-7-5-4-6-8-11/h4-8,12,14H,9-10H2,1-3H3/t12-,14-/m0/s1. The number of carbonyl (C=O) groups is 1. The van der Waals surface area contributed by atoms with Gasteiger partial charge in [0.05, 0.1) is 13.0 Å². The quantitative estimate of drug-likeness (QED) is 0.787. The maximum Gasteiger partial charge on any atom is 0.311 e. The van der Waals surface area contributed by atoms with Crippen LogP contribution in [0.3, 0.4) is 0 Å². The summed E-state index contributed by atoms with van der Waals surface area (Å²) in [5, 5.41) is 0. The Morgan fingerprint density at radius 2 is 2.00 bits per heavy atom. The highest BCUT2D eigenvalue weighted by Gasteiger charge is 2.30. The van der Waals surface area contributed by atoms with Gasteiger partial charge in [0.25, 0.3) is 0 Å². The van der Waals surface area contributed by atoms with E-state index in [-0.39, 0.29) is 18.5 Å². The third-order valence-electron chi connectivity index (χ3n) is 2.67. The molecule has 4 heteroatoms. The van der Waals surface area contributed by atoms with Gasteiger partial charge < -0.3 is 14.2 Å². The average Bonchev–Trinajstić information content (AvgIpc) is 2.76. The second kappa shape index (κ2) is 5.72. The Labute approximate surface area is 113 Å².